The van der Waals surface area contributed by atoms with E-state index in [0.29, 0.717) is 0 Å². The zero-order chi connectivity index (χ0) is 6.69. The minimum atomic E-state index is -1.13. The van der Waals surface area contributed by atoms with Crippen LogP contribution in [0.4, 0.5) is 0 Å². The summed E-state index contributed by atoms with van der Waals surface area (Å²) >= 11 is 0. The predicted molar refractivity (Wildman–Crippen MR) is 42.1 cm³/mol. The molecule has 0 heterocycles. The number of carboxylic acid groups (broad SMARTS) is 1. The largest absolute Gasteiger partial charge is 1.00 e. The van der Waals surface area contributed by atoms with Crippen LogP contribution in [0.2, 0.25) is 0 Å². The molecule has 1 aromatic carbocycles. The molecular formula is C7H9NaO2Si. The Balaban J connectivity index is 0. The normalized spacial score (nSPS) is 7.27. The summed E-state index contributed by atoms with van der Waals surface area (Å²) < 4.78 is 0. The molecular weight excluding hydrogens is 167 g/mol. The molecule has 0 aliphatic heterocycles. The zero-order valence-electron chi connectivity index (χ0n) is 5.70. The van der Waals surface area contributed by atoms with E-state index in [1.54, 1.807) is 18.2 Å². The van der Waals surface area contributed by atoms with Crippen LogP contribution >= 0.6 is 0 Å². The molecule has 0 spiro atoms. The summed E-state index contributed by atoms with van der Waals surface area (Å²) in [5.41, 5.74) is 0.220. The monoisotopic (exact) mass is 176 g/mol. The predicted octanol–water partition coefficient (Wildman–Crippen LogP) is -4.40. The first-order valence-corrected chi connectivity index (χ1v) is 2.57. The number of carbonyl (C=O) groups excluding carboxylic acids is 1. The van der Waals surface area contributed by atoms with Gasteiger partial charge in [-0.3, -0.25) is 0 Å². The minimum absolute atomic E-state index is 0. The molecule has 0 aliphatic rings. The van der Waals surface area contributed by atoms with Crippen LogP contribution in [0.3, 0.4) is 0 Å². The summed E-state index contributed by atoms with van der Waals surface area (Å²) in [6.07, 6.45) is 0. The van der Waals surface area contributed by atoms with Crippen LogP contribution in [-0.4, -0.2) is 16.9 Å². The second-order valence-corrected chi connectivity index (χ2v) is 1.65. The smallest absolute Gasteiger partial charge is 0.545 e. The fraction of sp³-hybridized carbons (Fsp3) is 0. The standard InChI is InChI=1S/C7H6O2.Na.H4Si/c8-7(9)6-4-2-1-3-5-6;;/h1-5H,(H,8,9);;1H4/q;+1;/p-1. The van der Waals surface area contributed by atoms with Crippen LogP contribution in [0.1, 0.15) is 10.4 Å². The quantitative estimate of drug-likeness (QED) is 0.405. The van der Waals surface area contributed by atoms with Crippen molar-refractivity contribution in [2.75, 3.05) is 0 Å². The number of benzene rings is 1. The Bertz CT molecular complexity index is 213. The van der Waals surface area contributed by atoms with Crippen molar-refractivity contribution in [1.82, 2.24) is 0 Å². The average molecular weight is 176 g/mol. The van der Waals surface area contributed by atoms with Crippen LogP contribution in [0, 0.1) is 0 Å². The van der Waals surface area contributed by atoms with Crippen molar-refractivity contribution in [2.45, 2.75) is 0 Å². The molecule has 4 heteroatoms. The van der Waals surface area contributed by atoms with Crippen molar-refractivity contribution < 1.29 is 39.5 Å². The SMILES string of the molecule is O=C([O-])c1ccccc1.[Na+].[SiH4]. The number of carbonyl (C=O) groups is 1. The fourth-order valence-corrected chi connectivity index (χ4v) is 0.574. The molecule has 0 saturated heterocycles. The molecule has 0 bridgehead atoms. The summed E-state index contributed by atoms with van der Waals surface area (Å²) in [4.78, 5) is 10.1. The Hall–Kier alpha value is -0.0931. The Morgan fingerprint density at radius 1 is 1.18 bits per heavy atom. The molecule has 11 heavy (non-hydrogen) atoms. The van der Waals surface area contributed by atoms with Gasteiger partial charge in [0.05, 0.1) is 5.97 Å². The summed E-state index contributed by atoms with van der Waals surface area (Å²) in [6, 6.07) is 8.06. The molecule has 0 fully saturated rings. The van der Waals surface area contributed by atoms with Crippen LogP contribution in [0.15, 0.2) is 30.3 Å². The zero-order valence-corrected chi connectivity index (χ0v) is 7.70. The summed E-state index contributed by atoms with van der Waals surface area (Å²) in [7, 11) is 0. The van der Waals surface area contributed by atoms with E-state index in [0.717, 1.165) is 0 Å². The molecule has 54 valence electrons. The molecule has 0 saturated carbocycles. The molecule has 0 atom stereocenters. The van der Waals surface area contributed by atoms with Crippen LogP contribution in [0.5, 0.6) is 0 Å². The summed E-state index contributed by atoms with van der Waals surface area (Å²) in [5.74, 6) is -1.13. The molecule has 0 unspecified atom stereocenters. The topological polar surface area (TPSA) is 40.1 Å². The first kappa shape index (κ1) is 13.5. The third-order valence-corrected chi connectivity index (χ3v) is 1.01. The Labute approximate surface area is 91.9 Å². The van der Waals surface area contributed by atoms with Crippen LogP contribution in [-0.2, 0) is 0 Å². The number of aromatic carboxylic acids is 1. The van der Waals surface area contributed by atoms with E-state index in [4.69, 9.17) is 0 Å². The maximum Gasteiger partial charge on any atom is 1.00 e. The van der Waals surface area contributed by atoms with Crippen molar-refractivity contribution in [3.05, 3.63) is 35.9 Å². The Morgan fingerprint density at radius 3 is 1.91 bits per heavy atom. The van der Waals surface area contributed by atoms with Gasteiger partial charge >= 0.3 is 29.6 Å². The van der Waals surface area contributed by atoms with Crippen molar-refractivity contribution >= 4 is 16.9 Å². The van der Waals surface area contributed by atoms with Gasteiger partial charge in [0.1, 0.15) is 0 Å². The van der Waals surface area contributed by atoms with Crippen LogP contribution in [0.25, 0.3) is 0 Å². The third-order valence-electron chi connectivity index (χ3n) is 1.01. The number of hydrogen-bond donors (Lipinski definition) is 0. The molecule has 0 radical (unpaired) electrons. The van der Waals surface area contributed by atoms with Crippen molar-refractivity contribution in [1.29, 1.82) is 0 Å². The Kier molecular flexibility index (Phi) is 8.10. The van der Waals surface area contributed by atoms with Crippen molar-refractivity contribution in [3.8, 4) is 0 Å². The van der Waals surface area contributed by atoms with E-state index in [1.165, 1.54) is 12.1 Å². The van der Waals surface area contributed by atoms with Gasteiger partial charge in [0.2, 0.25) is 0 Å². The third kappa shape index (κ3) is 4.37. The van der Waals surface area contributed by atoms with Gasteiger partial charge in [-0.15, -0.1) is 0 Å². The fourth-order valence-electron chi connectivity index (χ4n) is 0.574. The number of carboxylic acids is 1. The van der Waals surface area contributed by atoms with Gasteiger partial charge in [0.25, 0.3) is 0 Å². The minimum Gasteiger partial charge on any atom is -0.545 e. The van der Waals surface area contributed by atoms with Crippen molar-refractivity contribution in [2.24, 2.45) is 0 Å². The second kappa shape index (κ2) is 6.61. The van der Waals surface area contributed by atoms with E-state index >= 15 is 0 Å². The van der Waals surface area contributed by atoms with E-state index in [2.05, 4.69) is 0 Å². The summed E-state index contributed by atoms with van der Waals surface area (Å²) in [5, 5.41) is 10.1. The molecule has 0 aliphatic carbocycles. The summed E-state index contributed by atoms with van der Waals surface area (Å²) in [6.45, 7) is 0. The van der Waals surface area contributed by atoms with Gasteiger partial charge < -0.3 is 9.90 Å². The van der Waals surface area contributed by atoms with Gasteiger partial charge in [0, 0.05) is 0 Å². The molecule has 1 rings (SSSR count). The second-order valence-electron chi connectivity index (χ2n) is 1.65. The van der Waals surface area contributed by atoms with E-state index < -0.39 is 5.97 Å². The Morgan fingerprint density at radius 2 is 1.64 bits per heavy atom. The van der Waals surface area contributed by atoms with Gasteiger partial charge in [-0.1, -0.05) is 30.3 Å². The molecule has 1 aromatic rings. The first-order valence-electron chi connectivity index (χ1n) is 2.57. The molecule has 2 nitrogen and oxygen atoms in total. The van der Waals surface area contributed by atoms with Crippen molar-refractivity contribution in [3.63, 3.8) is 0 Å². The first-order chi connectivity index (χ1) is 4.30. The maximum absolute atomic E-state index is 10.1. The maximum atomic E-state index is 10.1. The average Bonchev–Trinajstić information content (AvgIpc) is 1.90. The molecule has 0 amide bonds. The van der Waals surface area contributed by atoms with Gasteiger partial charge in [0.15, 0.2) is 0 Å². The van der Waals surface area contributed by atoms with Gasteiger partial charge in [-0.25, -0.2) is 0 Å². The molecule has 0 N–H and O–H groups in total. The van der Waals surface area contributed by atoms with E-state index in [-0.39, 0.29) is 46.1 Å². The van der Waals surface area contributed by atoms with Gasteiger partial charge in [-0.2, -0.15) is 0 Å². The van der Waals surface area contributed by atoms with Gasteiger partial charge in [-0.05, 0) is 16.5 Å². The van der Waals surface area contributed by atoms with Crippen LogP contribution < -0.4 is 34.7 Å². The number of hydrogen-bond acceptors (Lipinski definition) is 2. The van der Waals surface area contributed by atoms with E-state index in [1.807, 2.05) is 0 Å². The van der Waals surface area contributed by atoms with E-state index in [9.17, 15) is 9.90 Å². The number of rotatable bonds is 1. The molecule has 0 aromatic heterocycles.